The van der Waals surface area contributed by atoms with E-state index in [1.54, 1.807) is 11.3 Å². The number of hydrogen-bond acceptors (Lipinski definition) is 4. The lowest BCUT2D eigenvalue weighted by Crippen LogP contribution is -2.25. The Balaban J connectivity index is 1.57. The number of thiophene rings is 1. The maximum atomic E-state index is 13.2. The molecule has 6 heteroatoms. The van der Waals surface area contributed by atoms with Crippen LogP contribution in [0.1, 0.15) is 39.8 Å². The zero-order chi connectivity index (χ0) is 19.4. The number of aromatic amines is 1. The van der Waals surface area contributed by atoms with Crippen molar-refractivity contribution in [1.29, 1.82) is 0 Å². The number of H-pyrrole nitrogens is 1. The molecule has 0 saturated heterocycles. The first-order valence-electron chi connectivity index (χ1n) is 9.63. The molecule has 0 saturated carbocycles. The maximum Gasteiger partial charge on any atom is 0.262 e. The molecule has 1 N–H and O–H groups in total. The summed E-state index contributed by atoms with van der Waals surface area (Å²) in [5, 5.41) is 1.62. The van der Waals surface area contributed by atoms with Crippen molar-refractivity contribution < 1.29 is 4.79 Å². The third-order valence-electron chi connectivity index (χ3n) is 5.77. The van der Waals surface area contributed by atoms with Crippen LogP contribution < -0.4 is 5.56 Å². The van der Waals surface area contributed by atoms with Gasteiger partial charge in [0.15, 0.2) is 5.78 Å². The van der Waals surface area contributed by atoms with Gasteiger partial charge < -0.3 is 4.98 Å². The number of ketones is 1. The Labute approximate surface area is 166 Å². The normalized spacial score (nSPS) is 16.6. The molecule has 3 aromatic heterocycles. The Morgan fingerprint density at radius 2 is 2.18 bits per heavy atom. The predicted octanol–water partition coefficient (Wildman–Crippen LogP) is 4.26. The van der Waals surface area contributed by atoms with E-state index in [4.69, 9.17) is 0 Å². The zero-order valence-corrected chi connectivity index (χ0v) is 16.7. The number of fused-ring (bicyclic) bond motifs is 4. The van der Waals surface area contributed by atoms with Crippen molar-refractivity contribution >= 4 is 38.2 Å². The number of para-hydroxylation sites is 1. The van der Waals surface area contributed by atoms with Crippen LogP contribution in [-0.2, 0) is 19.4 Å². The Kier molecular flexibility index (Phi) is 3.98. The molecule has 5 nitrogen and oxygen atoms in total. The monoisotopic (exact) mass is 391 g/mol. The first kappa shape index (κ1) is 17.4. The van der Waals surface area contributed by atoms with Gasteiger partial charge in [-0.1, -0.05) is 25.1 Å². The van der Waals surface area contributed by atoms with E-state index in [1.807, 2.05) is 31.2 Å². The number of carbonyl (C=O) groups excluding carboxylic acids is 1. The molecule has 1 aromatic carbocycles. The summed E-state index contributed by atoms with van der Waals surface area (Å²) in [6, 6.07) is 7.75. The summed E-state index contributed by atoms with van der Waals surface area (Å²) in [5.74, 6) is 0.574. The number of nitrogens with one attached hydrogen (secondary N) is 1. The Morgan fingerprint density at radius 1 is 1.36 bits per heavy atom. The molecular formula is C22H21N3O2S. The van der Waals surface area contributed by atoms with E-state index >= 15 is 0 Å². The van der Waals surface area contributed by atoms with E-state index in [0.29, 0.717) is 11.5 Å². The average molecular weight is 391 g/mol. The predicted molar refractivity (Wildman–Crippen MR) is 112 cm³/mol. The standard InChI is InChI=1S/C22H21N3O2S/c1-12-7-8-15-18(9-12)28-21-20(15)22(27)25(11-23-21)10-17(26)19-13(2)24-16-6-4-3-5-14(16)19/h3-6,11-12,24H,7-10H2,1-2H3/t12-/m0/s1. The average Bonchev–Trinajstić information content (AvgIpc) is 3.20. The van der Waals surface area contributed by atoms with Gasteiger partial charge in [0, 0.05) is 27.0 Å². The number of hydrogen-bond donors (Lipinski definition) is 1. The number of aryl methyl sites for hydroxylation is 2. The van der Waals surface area contributed by atoms with Gasteiger partial charge >= 0.3 is 0 Å². The highest BCUT2D eigenvalue weighted by atomic mass is 32.1. The molecule has 0 radical (unpaired) electrons. The van der Waals surface area contributed by atoms with Gasteiger partial charge in [0.2, 0.25) is 0 Å². The molecule has 0 unspecified atom stereocenters. The first-order chi connectivity index (χ1) is 13.5. The van der Waals surface area contributed by atoms with Crippen molar-refractivity contribution in [3.05, 3.63) is 62.6 Å². The largest absolute Gasteiger partial charge is 0.358 e. The van der Waals surface area contributed by atoms with E-state index in [-0.39, 0.29) is 17.9 Å². The van der Waals surface area contributed by atoms with E-state index in [2.05, 4.69) is 16.9 Å². The molecule has 0 spiro atoms. The lowest BCUT2D eigenvalue weighted by atomic mass is 9.89. The zero-order valence-electron chi connectivity index (χ0n) is 15.9. The van der Waals surface area contributed by atoms with Crippen LogP contribution in [0, 0.1) is 12.8 Å². The molecule has 1 aliphatic carbocycles. The van der Waals surface area contributed by atoms with Crippen LogP contribution in [0.3, 0.4) is 0 Å². The van der Waals surface area contributed by atoms with Crippen molar-refractivity contribution in [2.75, 3.05) is 0 Å². The maximum absolute atomic E-state index is 13.2. The summed E-state index contributed by atoms with van der Waals surface area (Å²) >= 11 is 1.63. The molecule has 3 heterocycles. The summed E-state index contributed by atoms with van der Waals surface area (Å²) < 4.78 is 1.47. The van der Waals surface area contributed by atoms with Crippen LogP contribution in [0.4, 0.5) is 0 Å². The quantitative estimate of drug-likeness (QED) is 0.531. The van der Waals surface area contributed by atoms with Gasteiger partial charge in [0.1, 0.15) is 4.83 Å². The van der Waals surface area contributed by atoms with Crippen LogP contribution in [0.2, 0.25) is 0 Å². The third-order valence-corrected chi connectivity index (χ3v) is 6.93. The molecular weight excluding hydrogens is 370 g/mol. The Hall–Kier alpha value is -2.73. The van der Waals surface area contributed by atoms with Gasteiger partial charge in [0.25, 0.3) is 5.56 Å². The van der Waals surface area contributed by atoms with Crippen molar-refractivity contribution in [3.8, 4) is 0 Å². The van der Waals surface area contributed by atoms with E-state index in [0.717, 1.165) is 51.6 Å². The van der Waals surface area contributed by atoms with E-state index in [1.165, 1.54) is 15.8 Å². The van der Waals surface area contributed by atoms with Gasteiger partial charge in [0.05, 0.1) is 18.3 Å². The number of carbonyl (C=O) groups is 1. The number of benzene rings is 1. The summed E-state index contributed by atoms with van der Waals surface area (Å²) in [6.45, 7) is 4.15. The minimum atomic E-state index is -0.0945. The highest BCUT2D eigenvalue weighted by Crippen LogP contribution is 2.35. The number of nitrogens with zero attached hydrogens (tertiary/aromatic N) is 2. The van der Waals surface area contributed by atoms with Crippen LogP contribution in [0.5, 0.6) is 0 Å². The van der Waals surface area contributed by atoms with Crippen molar-refractivity contribution in [2.45, 2.75) is 39.7 Å². The van der Waals surface area contributed by atoms with Crippen LogP contribution >= 0.6 is 11.3 Å². The van der Waals surface area contributed by atoms with Gasteiger partial charge in [-0.15, -0.1) is 11.3 Å². The second kappa shape index (κ2) is 6.41. The van der Waals surface area contributed by atoms with Crippen molar-refractivity contribution in [3.63, 3.8) is 0 Å². The van der Waals surface area contributed by atoms with Crippen molar-refractivity contribution in [2.24, 2.45) is 5.92 Å². The number of Topliss-reactive ketones (excluding diaryl/α,β-unsaturated/α-hetero) is 1. The fourth-order valence-corrected chi connectivity index (χ4v) is 5.69. The fraction of sp³-hybridized carbons (Fsp3) is 0.318. The highest BCUT2D eigenvalue weighted by Gasteiger charge is 2.24. The molecule has 0 bridgehead atoms. The molecule has 1 atom stereocenters. The van der Waals surface area contributed by atoms with Crippen molar-refractivity contribution in [1.82, 2.24) is 14.5 Å². The lowest BCUT2D eigenvalue weighted by molar-refractivity contribution is 0.0971. The summed E-state index contributed by atoms with van der Waals surface area (Å²) in [5.41, 5.74) is 3.48. The second-order valence-corrected chi connectivity index (χ2v) is 8.89. The summed E-state index contributed by atoms with van der Waals surface area (Å²) in [6.07, 6.45) is 4.56. The number of aromatic nitrogens is 3. The third kappa shape index (κ3) is 2.63. The molecule has 5 rings (SSSR count). The molecule has 1 aliphatic rings. The Bertz CT molecular complexity index is 1290. The summed E-state index contributed by atoms with van der Waals surface area (Å²) in [7, 11) is 0. The van der Waals surface area contributed by atoms with Gasteiger partial charge in [-0.2, -0.15) is 0 Å². The van der Waals surface area contributed by atoms with Gasteiger partial charge in [-0.3, -0.25) is 14.2 Å². The van der Waals surface area contributed by atoms with E-state index in [9.17, 15) is 9.59 Å². The minimum absolute atomic E-state index is 0.00544. The van der Waals surface area contributed by atoms with E-state index < -0.39 is 0 Å². The second-order valence-electron chi connectivity index (χ2n) is 7.80. The minimum Gasteiger partial charge on any atom is -0.358 e. The fourth-order valence-electron chi connectivity index (χ4n) is 4.35. The van der Waals surface area contributed by atoms with Crippen LogP contribution in [0.15, 0.2) is 35.4 Å². The molecule has 142 valence electrons. The lowest BCUT2D eigenvalue weighted by Gasteiger charge is -2.17. The number of rotatable bonds is 3. The highest BCUT2D eigenvalue weighted by molar-refractivity contribution is 7.18. The molecule has 0 aliphatic heterocycles. The molecule has 0 fully saturated rings. The summed E-state index contributed by atoms with van der Waals surface area (Å²) in [4.78, 5) is 36.1. The van der Waals surface area contributed by atoms with Crippen LogP contribution in [0.25, 0.3) is 21.1 Å². The SMILES string of the molecule is Cc1[nH]c2ccccc2c1C(=O)Cn1cnc2sc3c(c2c1=O)CC[C@H](C)C3. The molecule has 4 aromatic rings. The van der Waals surface area contributed by atoms with Gasteiger partial charge in [-0.25, -0.2) is 4.98 Å². The van der Waals surface area contributed by atoms with Gasteiger partial charge in [-0.05, 0) is 43.7 Å². The smallest absolute Gasteiger partial charge is 0.262 e. The topological polar surface area (TPSA) is 67.8 Å². The molecule has 28 heavy (non-hydrogen) atoms. The molecule has 0 amide bonds. The Morgan fingerprint density at radius 3 is 3.04 bits per heavy atom. The first-order valence-corrected chi connectivity index (χ1v) is 10.4. The van der Waals surface area contributed by atoms with Crippen LogP contribution in [-0.4, -0.2) is 20.3 Å².